The molecule has 0 saturated heterocycles. The molecule has 2 N–H and O–H groups in total. The van der Waals surface area contributed by atoms with Crippen molar-refractivity contribution in [3.63, 3.8) is 0 Å². The first-order chi connectivity index (χ1) is 6.33. The van der Waals surface area contributed by atoms with E-state index < -0.39 is 17.6 Å². The Balaban J connectivity index is 2.61. The van der Waals surface area contributed by atoms with Crippen molar-refractivity contribution in [2.75, 3.05) is 0 Å². The second-order valence-electron chi connectivity index (χ2n) is 5.52. The molecule has 2 bridgehead atoms. The van der Waals surface area contributed by atoms with Gasteiger partial charge >= 0.3 is 0 Å². The van der Waals surface area contributed by atoms with Gasteiger partial charge in [-0.2, -0.15) is 5.26 Å². The van der Waals surface area contributed by atoms with Crippen LogP contribution in [0.1, 0.15) is 33.6 Å². The van der Waals surface area contributed by atoms with Crippen LogP contribution in [-0.4, -0.2) is 22.4 Å². The van der Waals surface area contributed by atoms with Crippen molar-refractivity contribution in [1.29, 1.82) is 5.26 Å². The highest BCUT2D eigenvalue weighted by molar-refractivity contribution is 5.29. The molecule has 2 aliphatic rings. The van der Waals surface area contributed by atoms with Crippen LogP contribution in [0, 0.1) is 27.6 Å². The maximum absolute atomic E-state index is 9.98. The average molecular weight is 195 g/mol. The van der Waals surface area contributed by atoms with E-state index in [-0.39, 0.29) is 10.8 Å². The lowest BCUT2D eigenvalue weighted by Gasteiger charge is -2.37. The molecular formula is C11H17NO2. The minimum absolute atomic E-state index is 0.312. The standard InChI is InChI=1S/C11H17NO2/c1-9(2)10(3)4-5-11(9,6-12)8(14)7(10)13/h7-8,13-14H,4-5H2,1-3H3/t7-,8-,10-,11+/m0/s1. The van der Waals surface area contributed by atoms with Crippen molar-refractivity contribution in [3.8, 4) is 6.07 Å². The molecule has 14 heavy (non-hydrogen) atoms. The minimum Gasteiger partial charge on any atom is -0.390 e. The van der Waals surface area contributed by atoms with Crippen LogP contribution in [0.3, 0.4) is 0 Å². The maximum Gasteiger partial charge on any atom is 0.0995 e. The van der Waals surface area contributed by atoms with Crippen molar-refractivity contribution >= 4 is 0 Å². The van der Waals surface area contributed by atoms with Gasteiger partial charge in [0.2, 0.25) is 0 Å². The van der Waals surface area contributed by atoms with Crippen LogP contribution in [-0.2, 0) is 0 Å². The van der Waals surface area contributed by atoms with Gasteiger partial charge < -0.3 is 10.2 Å². The monoisotopic (exact) mass is 195 g/mol. The third kappa shape index (κ3) is 0.656. The predicted octanol–water partition coefficient (Wildman–Crippen LogP) is 1.06. The molecule has 0 aromatic heterocycles. The van der Waals surface area contributed by atoms with Crippen LogP contribution in [0.25, 0.3) is 0 Å². The summed E-state index contributed by atoms with van der Waals surface area (Å²) in [4.78, 5) is 0. The van der Waals surface area contributed by atoms with E-state index in [0.29, 0.717) is 6.42 Å². The highest BCUT2D eigenvalue weighted by atomic mass is 16.3. The molecule has 78 valence electrons. The second kappa shape index (κ2) is 2.32. The van der Waals surface area contributed by atoms with Gasteiger partial charge in [-0.05, 0) is 18.3 Å². The van der Waals surface area contributed by atoms with Gasteiger partial charge in [0, 0.05) is 5.41 Å². The fraction of sp³-hybridized carbons (Fsp3) is 0.909. The molecule has 0 amide bonds. The lowest BCUT2D eigenvalue weighted by Crippen LogP contribution is -2.41. The van der Waals surface area contributed by atoms with E-state index in [1.807, 2.05) is 20.8 Å². The van der Waals surface area contributed by atoms with E-state index in [2.05, 4.69) is 6.07 Å². The molecule has 0 heterocycles. The average Bonchev–Trinajstić information content (AvgIpc) is 2.39. The van der Waals surface area contributed by atoms with E-state index in [9.17, 15) is 15.5 Å². The number of nitriles is 1. The normalized spacial score (nSPS) is 54.6. The maximum atomic E-state index is 9.98. The van der Waals surface area contributed by atoms with Gasteiger partial charge in [0.25, 0.3) is 0 Å². The van der Waals surface area contributed by atoms with Crippen LogP contribution in [0.5, 0.6) is 0 Å². The molecule has 2 rings (SSSR count). The minimum atomic E-state index is -0.888. The Bertz CT molecular complexity index is 320. The molecule has 4 atom stereocenters. The highest BCUT2D eigenvalue weighted by Gasteiger charge is 2.74. The van der Waals surface area contributed by atoms with Gasteiger partial charge in [0.15, 0.2) is 0 Å². The Kier molecular flexibility index (Phi) is 1.65. The summed E-state index contributed by atoms with van der Waals surface area (Å²) in [5.74, 6) is 0. The molecule has 3 heteroatoms. The third-order valence-corrected chi connectivity index (χ3v) is 5.24. The van der Waals surface area contributed by atoms with Gasteiger partial charge in [-0.25, -0.2) is 0 Å². The van der Waals surface area contributed by atoms with Crippen LogP contribution in [0.4, 0.5) is 0 Å². The van der Waals surface area contributed by atoms with Gasteiger partial charge in [0.05, 0.1) is 23.7 Å². The first-order valence-electron chi connectivity index (χ1n) is 5.11. The number of hydrogen-bond acceptors (Lipinski definition) is 3. The first kappa shape index (κ1) is 9.95. The Morgan fingerprint density at radius 2 is 1.71 bits per heavy atom. The first-order valence-corrected chi connectivity index (χ1v) is 5.11. The van der Waals surface area contributed by atoms with E-state index in [1.54, 1.807) is 0 Å². The summed E-state index contributed by atoms with van der Waals surface area (Å²) >= 11 is 0. The largest absolute Gasteiger partial charge is 0.390 e. The molecule has 0 spiro atoms. The lowest BCUT2D eigenvalue weighted by atomic mass is 9.65. The third-order valence-electron chi connectivity index (χ3n) is 5.24. The number of rotatable bonds is 0. The molecule has 2 aliphatic carbocycles. The molecule has 3 nitrogen and oxygen atoms in total. The quantitative estimate of drug-likeness (QED) is 0.607. The Morgan fingerprint density at radius 3 is 2.00 bits per heavy atom. The van der Waals surface area contributed by atoms with Gasteiger partial charge in [-0.3, -0.25) is 0 Å². The Morgan fingerprint density at radius 1 is 1.14 bits per heavy atom. The molecule has 0 aromatic carbocycles. The Labute approximate surface area is 84.4 Å². The van der Waals surface area contributed by atoms with E-state index in [4.69, 9.17) is 0 Å². The molecule has 2 fully saturated rings. The lowest BCUT2D eigenvalue weighted by molar-refractivity contribution is -0.0594. The van der Waals surface area contributed by atoms with Gasteiger partial charge in [0.1, 0.15) is 0 Å². The number of nitrogens with zero attached hydrogens (tertiary/aromatic N) is 1. The summed E-state index contributed by atoms with van der Waals surface area (Å²) < 4.78 is 0. The zero-order valence-corrected chi connectivity index (χ0v) is 8.91. The molecule has 0 aromatic rings. The van der Waals surface area contributed by atoms with Crippen molar-refractivity contribution in [3.05, 3.63) is 0 Å². The van der Waals surface area contributed by atoms with Crippen molar-refractivity contribution in [1.82, 2.24) is 0 Å². The topological polar surface area (TPSA) is 64.2 Å². The SMILES string of the molecule is CC1(C)[C@@]2(C)CC[C@@]1(C#N)[C@@H](O)[C@@H]2O. The van der Waals surface area contributed by atoms with Crippen molar-refractivity contribution < 1.29 is 10.2 Å². The summed E-state index contributed by atoms with van der Waals surface area (Å²) in [6.07, 6.45) is -0.121. The molecule has 0 unspecified atom stereocenters. The van der Waals surface area contributed by atoms with Gasteiger partial charge in [-0.15, -0.1) is 0 Å². The second-order valence-corrected chi connectivity index (χ2v) is 5.52. The predicted molar refractivity (Wildman–Crippen MR) is 51.2 cm³/mol. The Hall–Kier alpha value is -0.590. The fourth-order valence-electron chi connectivity index (χ4n) is 3.51. The van der Waals surface area contributed by atoms with Crippen LogP contribution < -0.4 is 0 Å². The number of aliphatic hydroxyl groups is 2. The fourth-order valence-corrected chi connectivity index (χ4v) is 3.51. The summed E-state index contributed by atoms with van der Waals surface area (Å²) in [5, 5.41) is 29.2. The molecule has 0 aliphatic heterocycles. The van der Waals surface area contributed by atoms with Crippen LogP contribution in [0.2, 0.25) is 0 Å². The summed E-state index contributed by atoms with van der Waals surface area (Å²) in [6.45, 7) is 5.96. The number of hydrogen-bond donors (Lipinski definition) is 2. The number of fused-ring (bicyclic) bond motifs is 2. The van der Waals surface area contributed by atoms with E-state index >= 15 is 0 Å². The summed E-state index contributed by atoms with van der Waals surface area (Å²) in [5.41, 5.74) is -1.38. The van der Waals surface area contributed by atoms with Crippen molar-refractivity contribution in [2.24, 2.45) is 16.2 Å². The molecule has 0 radical (unpaired) electrons. The zero-order chi connectivity index (χ0) is 10.8. The molecular weight excluding hydrogens is 178 g/mol. The van der Waals surface area contributed by atoms with E-state index in [0.717, 1.165) is 6.42 Å². The summed E-state index contributed by atoms with van der Waals surface area (Å²) in [6, 6.07) is 2.25. The van der Waals surface area contributed by atoms with Gasteiger partial charge in [-0.1, -0.05) is 20.8 Å². The van der Waals surface area contributed by atoms with Crippen LogP contribution in [0.15, 0.2) is 0 Å². The smallest absolute Gasteiger partial charge is 0.0995 e. The highest BCUT2D eigenvalue weighted by Crippen LogP contribution is 2.71. The van der Waals surface area contributed by atoms with Crippen LogP contribution >= 0.6 is 0 Å². The zero-order valence-electron chi connectivity index (χ0n) is 8.91. The van der Waals surface area contributed by atoms with Crippen molar-refractivity contribution in [2.45, 2.75) is 45.8 Å². The number of aliphatic hydroxyl groups excluding tert-OH is 2. The van der Waals surface area contributed by atoms with E-state index in [1.165, 1.54) is 0 Å². The molecule has 2 saturated carbocycles. The summed E-state index contributed by atoms with van der Waals surface area (Å²) in [7, 11) is 0.